The summed E-state index contributed by atoms with van der Waals surface area (Å²) in [5.74, 6) is -2.28. The molecule has 0 aliphatic heterocycles. The third-order valence-corrected chi connectivity index (χ3v) is 8.28. The van der Waals surface area contributed by atoms with E-state index in [4.69, 9.17) is 26.2 Å². The molecule has 0 unspecified atom stereocenters. The summed E-state index contributed by atoms with van der Waals surface area (Å²) in [6, 6.07) is 18.1. The number of aliphatic carboxylic acids is 1. The van der Waals surface area contributed by atoms with Gasteiger partial charge in [-0.25, -0.2) is 4.39 Å². The molecule has 14 heteroatoms. The molecule has 4 aromatic rings. The van der Waals surface area contributed by atoms with Crippen LogP contribution in [0, 0.1) is 17.1 Å². The number of halogens is 2. The number of nitriles is 1. The van der Waals surface area contributed by atoms with Crippen LogP contribution in [0.1, 0.15) is 40.3 Å². The molecule has 0 bridgehead atoms. The van der Waals surface area contributed by atoms with Crippen molar-refractivity contribution < 1.29 is 38.5 Å². The number of amides is 2. The highest BCUT2D eigenvalue weighted by Gasteiger charge is 2.28. The summed E-state index contributed by atoms with van der Waals surface area (Å²) in [5.41, 5.74) is 4.72. The third-order valence-electron chi connectivity index (χ3n) is 7.98. The van der Waals surface area contributed by atoms with Gasteiger partial charge < -0.3 is 30.3 Å². The van der Waals surface area contributed by atoms with E-state index in [1.807, 2.05) is 24.3 Å². The van der Waals surface area contributed by atoms with Gasteiger partial charge in [-0.3, -0.25) is 24.7 Å². The van der Waals surface area contributed by atoms with Crippen molar-refractivity contribution in [3.8, 4) is 28.7 Å². The van der Waals surface area contributed by atoms with Crippen LogP contribution in [0.25, 0.3) is 11.1 Å². The topological polar surface area (TPSA) is 183 Å². The van der Waals surface area contributed by atoms with Gasteiger partial charge in [0.05, 0.1) is 23.7 Å². The van der Waals surface area contributed by atoms with E-state index in [9.17, 15) is 29.1 Å². The van der Waals surface area contributed by atoms with Crippen molar-refractivity contribution in [3.05, 3.63) is 112 Å². The molecule has 12 nitrogen and oxygen atoms in total. The largest absolute Gasteiger partial charge is 0.488 e. The summed E-state index contributed by atoms with van der Waals surface area (Å²) in [4.78, 5) is 39.2. The highest BCUT2D eigenvalue weighted by atomic mass is 35.5. The zero-order chi connectivity index (χ0) is 35.6. The fraction of sp³-hybridized carbons (Fsp3) is 0.250. The van der Waals surface area contributed by atoms with Gasteiger partial charge >= 0.3 is 5.97 Å². The standard InChI is InChI=1S/C36H33ClFN5O7/c37-28-11-23(16-41-30(19-44)36(48)43-17-34(45)42-18-35(46)47)32(49-20-22-10-21(13-39)14-40-15-22)12-33(28)50-31-9-8-25-24(5-3-6-27(25)31)26-4-1-2-7-29(26)38/h1-7,10-12,14-15,30-31,41,44H,8-9,16-20H2,(H,42,45)(H,43,48)(H,46,47)/t30-,31-/m0/s1. The van der Waals surface area contributed by atoms with Crippen LogP contribution in [0.3, 0.4) is 0 Å². The lowest BCUT2D eigenvalue weighted by Crippen LogP contribution is -2.49. The highest BCUT2D eigenvalue weighted by molar-refractivity contribution is 6.32. The monoisotopic (exact) mass is 701 g/mol. The first-order chi connectivity index (χ1) is 24.2. The number of pyridine rings is 1. The maximum atomic E-state index is 14.7. The van der Waals surface area contributed by atoms with Gasteiger partial charge in [-0.1, -0.05) is 48.0 Å². The van der Waals surface area contributed by atoms with E-state index in [1.165, 1.54) is 12.3 Å². The van der Waals surface area contributed by atoms with Gasteiger partial charge in [0.2, 0.25) is 11.8 Å². The molecule has 0 spiro atoms. The molecule has 1 aliphatic carbocycles. The first-order valence-corrected chi connectivity index (χ1v) is 16.0. The number of hydrogen-bond donors (Lipinski definition) is 5. The minimum atomic E-state index is -1.23. The quantitative estimate of drug-likeness (QED) is 0.122. The van der Waals surface area contributed by atoms with Gasteiger partial charge in [-0.15, -0.1) is 0 Å². The number of nitrogens with one attached hydrogen (secondary N) is 3. The Morgan fingerprint density at radius 2 is 1.84 bits per heavy atom. The molecule has 3 aromatic carbocycles. The molecule has 2 atom stereocenters. The number of hydrogen-bond acceptors (Lipinski definition) is 9. The van der Waals surface area contributed by atoms with Crippen molar-refractivity contribution in [1.29, 1.82) is 5.26 Å². The molecule has 1 aromatic heterocycles. The number of fused-ring (bicyclic) bond motifs is 1. The van der Waals surface area contributed by atoms with Crippen molar-refractivity contribution in [2.24, 2.45) is 0 Å². The lowest BCUT2D eigenvalue weighted by molar-refractivity contribution is -0.137. The van der Waals surface area contributed by atoms with Gasteiger partial charge in [0.1, 0.15) is 48.7 Å². The first kappa shape index (κ1) is 35.7. The third kappa shape index (κ3) is 8.91. The minimum Gasteiger partial charge on any atom is -0.488 e. The lowest BCUT2D eigenvalue weighted by atomic mass is 9.96. The smallest absolute Gasteiger partial charge is 0.322 e. The van der Waals surface area contributed by atoms with E-state index in [0.29, 0.717) is 46.6 Å². The number of carbonyl (C=O) groups is 3. The van der Waals surface area contributed by atoms with E-state index in [0.717, 1.165) is 16.7 Å². The summed E-state index contributed by atoms with van der Waals surface area (Å²) >= 11 is 6.74. The Balaban J connectivity index is 1.35. The van der Waals surface area contributed by atoms with E-state index in [2.05, 4.69) is 20.9 Å². The van der Waals surface area contributed by atoms with Gasteiger partial charge in [0.15, 0.2) is 0 Å². The average Bonchev–Trinajstić information content (AvgIpc) is 3.53. The molecular weight excluding hydrogens is 669 g/mol. The fourth-order valence-electron chi connectivity index (χ4n) is 5.55. The van der Waals surface area contributed by atoms with E-state index in [-0.39, 0.29) is 30.1 Å². The number of aromatic nitrogens is 1. The maximum absolute atomic E-state index is 14.7. The Labute approximate surface area is 291 Å². The van der Waals surface area contributed by atoms with Crippen LogP contribution in [0.4, 0.5) is 4.39 Å². The van der Waals surface area contributed by atoms with Crippen LogP contribution in [-0.4, -0.2) is 58.7 Å². The highest BCUT2D eigenvalue weighted by Crippen LogP contribution is 2.43. The predicted octanol–water partition coefficient (Wildman–Crippen LogP) is 3.83. The number of rotatable bonds is 15. The number of carbonyl (C=O) groups excluding carboxylic acids is 2. The Hall–Kier alpha value is -5.55. The van der Waals surface area contributed by atoms with Gasteiger partial charge in [-0.05, 0) is 47.7 Å². The number of carboxylic acid groups (broad SMARTS) is 1. The summed E-state index contributed by atoms with van der Waals surface area (Å²) in [6.07, 6.45) is 3.91. The van der Waals surface area contributed by atoms with Crippen LogP contribution in [0.2, 0.25) is 5.02 Å². The van der Waals surface area contributed by atoms with Crippen molar-refractivity contribution in [2.45, 2.75) is 38.1 Å². The molecule has 5 rings (SSSR count). The molecule has 1 heterocycles. The molecule has 5 N–H and O–H groups in total. The Kier molecular flexibility index (Phi) is 11.9. The van der Waals surface area contributed by atoms with E-state index in [1.54, 1.807) is 42.6 Å². The number of ether oxygens (including phenoxy) is 2. The Morgan fingerprint density at radius 1 is 1.04 bits per heavy atom. The number of aliphatic hydroxyl groups excluding tert-OH is 1. The zero-order valence-electron chi connectivity index (χ0n) is 26.6. The Bertz CT molecular complexity index is 1940. The van der Waals surface area contributed by atoms with Gasteiger partial charge in [0, 0.05) is 41.7 Å². The van der Waals surface area contributed by atoms with Gasteiger partial charge in [-0.2, -0.15) is 5.26 Å². The number of nitrogens with zero attached hydrogens (tertiary/aromatic N) is 2. The first-order valence-electron chi connectivity index (χ1n) is 15.6. The lowest BCUT2D eigenvalue weighted by Gasteiger charge is -2.21. The molecule has 258 valence electrons. The molecular formula is C36H33ClFN5O7. The summed E-state index contributed by atoms with van der Waals surface area (Å²) in [5, 5.41) is 35.5. The van der Waals surface area contributed by atoms with Crippen LogP contribution >= 0.6 is 11.6 Å². The van der Waals surface area contributed by atoms with E-state index < -0.39 is 43.5 Å². The Morgan fingerprint density at radius 3 is 2.60 bits per heavy atom. The second-order valence-electron chi connectivity index (χ2n) is 11.4. The summed E-state index contributed by atoms with van der Waals surface area (Å²) in [6.45, 7) is -1.68. The van der Waals surface area contributed by atoms with Crippen molar-refractivity contribution in [3.63, 3.8) is 0 Å². The second kappa shape index (κ2) is 16.7. The molecule has 1 aliphatic rings. The molecule has 50 heavy (non-hydrogen) atoms. The van der Waals surface area contributed by atoms with Crippen molar-refractivity contribution >= 4 is 29.4 Å². The van der Waals surface area contributed by atoms with E-state index >= 15 is 0 Å². The zero-order valence-corrected chi connectivity index (χ0v) is 27.4. The second-order valence-corrected chi connectivity index (χ2v) is 11.8. The van der Waals surface area contributed by atoms with Crippen molar-refractivity contribution in [2.75, 3.05) is 19.7 Å². The molecule has 2 amide bonds. The number of benzene rings is 3. The maximum Gasteiger partial charge on any atom is 0.322 e. The molecule has 0 saturated carbocycles. The minimum absolute atomic E-state index is 0.00601. The molecule has 0 radical (unpaired) electrons. The van der Waals surface area contributed by atoms with Crippen LogP contribution < -0.4 is 25.4 Å². The number of aliphatic hydroxyl groups is 1. The van der Waals surface area contributed by atoms with Crippen LogP contribution in [0.5, 0.6) is 11.5 Å². The predicted molar refractivity (Wildman–Crippen MR) is 180 cm³/mol. The van der Waals surface area contributed by atoms with Gasteiger partial charge in [0.25, 0.3) is 0 Å². The van der Waals surface area contributed by atoms with Crippen LogP contribution in [-0.2, 0) is 34.0 Å². The molecule has 0 fully saturated rings. The normalized spacial score (nSPS) is 13.8. The van der Waals surface area contributed by atoms with Crippen molar-refractivity contribution in [1.82, 2.24) is 20.9 Å². The number of carboxylic acids is 1. The average molecular weight is 702 g/mol. The molecule has 0 saturated heterocycles. The SMILES string of the molecule is N#Cc1cncc(COc2cc(O[C@H]3CCc4c(-c5ccccc5F)cccc43)c(Cl)cc2CN[C@@H](CO)C(=O)NCC(=O)NCC(=O)O)c1. The fourth-order valence-corrected chi connectivity index (χ4v) is 5.78. The van der Waals surface area contributed by atoms with Crippen LogP contribution in [0.15, 0.2) is 73.1 Å². The summed E-state index contributed by atoms with van der Waals surface area (Å²) in [7, 11) is 0. The summed E-state index contributed by atoms with van der Waals surface area (Å²) < 4.78 is 27.3.